The van der Waals surface area contributed by atoms with Gasteiger partial charge in [-0.3, -0.25) is 0 Å². The first-order chi connectivity index (χ1) is 8.41. The van der Waals surface area contributed by atoms with Crippen molar-refractivity contribution in [2.45, 2.75) is 30.2 Å². The molecule has 0 aliphatic carbocycles. The highest BCUT2D eigenvalue weighted by Gasteiger charge is 2.32. The molecular weight excluding hydrogens is 318 g/mol. The van der Waals surface area contributed by atoms with Gasteiger partial charge in [-0.15, -0.1) is 0 Å². The number of ether oxygens (including phenoxy) is 1. The van der Waals surface area contributed by atoms with Crippen LogP contribution in [-0.2, 0) is 14.8 Å². The summed E-state index contributed by atoms with van der Waals surface area (Å²) in [4.78, 5) is 0.275. The van der Waals surface area contributed by atoms with E-state index in [2.05, 4.69) is 20.7 Å². The SMILES string of the molecule is CC1(NS(=O)(=O)c2ccc(Br)cc2)CCCOC1. The average Bonchev–Trinajstić information content (AvgIpc) is 2.29. The highest BCUT2D eigenvalue weighted by Crippen LogP contribution is 2.22. The number of benzene rings is 1. The molecule has 0 saturated carbocycles. The van der Waals surface area contributed by atoms with Crippen LogP contribution in [0.3, 0.4) is 0 Å². The lowest BCUT2D eigenvalue weighted by Crippen LogP contribution is -2.51. The highest BCUT2D eigenvalue weighted by atomic mass is 79.9. The maximum Gasteiger partial charge on any atom is 0.241 e. The average molecular weight is 334 g/mol. The van der Waals surface area contributed by atoms with Crippen LogP contribution in [0.5, 0.6) is 0 Å². The first-order valence-electron chi connectivity index (χ1n) is 5.79. The van der Waals surface area contributed by atoms with Crippen molar-refractivity contribution in [3.05, 3.63) is 28.7 Å². The smallest absolute Gasteiger partial charge is 0.241 e. The topological polar surface area (TPSA) is 55.4 Å². The fraction of sp³-hybridized carbons (Fsp3) is 0.500. The summed E-state index contributed by atoms with van der Waals surface area (Å²) >= 11 is 3.29. The van der Waals surface area contributed by atoms with E-state index >= 15 is 0 Å². The van der Waals surface area contributed by atoms with Crippen LogP contribution < -0.4 is 4.72 Å². The van der Waals surface area contributed by atoms with E-state index in [1.54, 1.807) is 24.3 Å². The van der Waals surface area contributed by atoms with Crippen molar-refractivity contribution >= 4 is 26.0 Å². The molecule has 1 aromatic rings. The van der Waals surface area contributed by atoms with Crippen LogP contribution in [0.2, 0.25) is 0 Å². The Hall–Kier alpha value is -0.430. The number of nitrogens with one attached hydrogen (secondary N) is 1. The van der Waals surface area contributed by atoms with Gasteiger partial charge in [-0.25, -0.2) is 13.1 Å². The molecular formula is C12H16BrNO3S. The molecule has 100 valence electrons. The predicted octanol–water partition coefficient (Wildman–Crippen LogP) is 2.30. The van der Waals surface area contributed by atoms with Crippen molar-refractivity contribution in [1.82, 2.24) is 4.72 Å². The van der Waals surface area contributed by atoms with Crippen molar-refractivity contribution in [2.75, 3.05) is 13.2 Å². The summed E-state index contributed by atoms with van der Waals surface area (Å²) in [5.41, 5.74) is -0.510. The molecule has 1 N–H and O–H groups in total. The number of hydrogen-bond donors (Lipinski definition) is 1. The molecule has 2 rings (SSSR count). The van der Waals surface area contributed by atoms with Gasteiger partial charge in [0.2, 0.25) is 10.0 Å². The Kier molecular flexibility index (Phi) is 4.11. The maximum absolute atomic E-state index is 12.2. The van der Waals surface area contributed by atoms with Gasteiger partial charge in [0.25, 0.3) is 0 Å². The fourth-order valence-electron chi connectivity index (χ4n) is 2.01. The van der Waals surface area contributed by atoms with E-state index in [-0.39, 0.29) is 4.90 Å². The van der Waals surface area contributed by atoms with E-state index in [4.69, 9.17) is 4.74 Å². The summed E-state index contributed by atoms with van der Waals surface area (Å²) in [6.45, 7) is 3.00. The summed E-state index contributed by atoms with van der Waals surface area (Å²) in [6.07, 6.45) is 1.67. The maximum atomic E-state index is 12.2. The lowest BCUT2D eigenvalue weighted by molar-refractivity contribution is 0.0386. The van der Waals surface area contributed by atoms with Gasteiger partial charge in [-0.2, -0.15) is 0 Å². The molecule has 1 aliphatic heterocycles. The monoisotopic (exact) mass is 333 g/mol. The number of rotatable bonds is 3. The Morgan fingerprint density at radius 1 is 1.33 bits per heavy atom. The van der Waals surface area contributed by atoms with Gasteiger partial charge in [-0.05, 0) is 44.0 Å². The fourth-order valence-corrected chi connectivity index (χ4v) is 3.70. The number of halogens is 1. The standard InChI is InChI=1S/C12H16BrNO3S/c1-12(7-2-8-17-9-12)14-18(15,16)11-5-3-10(13)4-6-11/h3-6,14H,2,7-9H2,1H3. The van der Waals surface area contributed by atoms with Gasteiger partial charge in [0.1, 0.15) is 0 Å². The highest BCUT2D eigenvalue weighted by molar-refractivity contribution is 9.10. The van der Waals surface area contributed by atoms with Crippen LogP contribution in [0.1, 0.15) is 19.8 Å². The van der Waals surface area contributed by atoms with Gasteiger partial charge in [0.15, 0.2) is 0 Å². The third-order valence-corrected chi connectivity index (χ3v) is 5.13. The summed E-state index contributed by atoms with van der Waals surface area (Å²) in [5.74, 6) is 0. The van der Waals surface area contributed by atoms with Gasteiger partial charge < -0.3 is 4.74 Å². The van der Waals surface area contributed by atoms with Crippen molar-refractivity contribution in [2.24, 2.45) is 0 Å². The minimum absolute atomic E-state index is 0.275. The van der Waals surface area contributed by atoms with Crippen molar-refractivity contribution in [3.8, 4) is 0 Å². The molecule has 1 atom stereocenters. The Labute approximate surface area is 116 Å². The molecule has 1 aliphatic rings. The quantitative estimate of drug-likeness (QED) is 0.923. The van der Waals surface area contributed by atoms with Crippen LogP contribution in [0, 0.1) is 0 Å². The molecule has 4 nitrogen and oxygen atoms in total. The van der Waals surface area contributed by atoms with Gasteiger partial charge >= 0.3 is 0 Å². The van der Waals surface area contributed by atoms with Crippen LogP contribution in [-0.4, -0.2) is 27.2 Å². The third-order valence-electron chi connectivity index (χ3n) is 2.94. The second-order valence-electron chi connectivity index (χ2n) is 4.78. The van der Waals surface area contributed by atoms with Crippen molar-refractivity contribution < 1.29 is 13.2 Å². The molecule has 1 fully saturated rings. The minimum atomic E-state index is -3.49. The first kappa shape index (κ1) is 14.0. The Bertz CT molecular complexity index is 507. The van der Waals surface area contributed by atoms with E-state index in [9.17, 15) is 8.42 Å². The number of hydrogen-bond acceptors (Lipinski definition) is 3. The first-order valence-corrected chi connectivity index (χ1v) is 8.06. The van der Waals surface area contributed by atoms with Crippen LogP contribution >= 0.6 is 15.9 Å². The molecule has 0 radical (unpaired) electrons. The molecule has 1 heterocycles. The zero-order valence-corrected chi connectivity index (χ0v) is 12.6. The normalized spacial score (nSPS) is 25.0. The van der Waals surface area contributed by atoms with E-state index in [1.807, 2.05) is 6.92 Å². The molecule has 1 aromatic carbocycles. The minimum Gasteiger partial charge on any atom is -0.380 e. The van der Waals surface area contributed by atoms with Gasteiger partial charge in [0, 0.05) is 11.1 Å². The summed E-state index contributed by atoms with van der Waals surface area (Å²) < 4.78 is 33.4. The largest absolute Gasteiger partial charge is 0.380 e. The van der Waals surface area contributed by atoms with Gasteiger partial charge in [-0.1, -0.05) is 15.9 Å². The van der Waals surface area contributed by atoms with E-state index in [0.717, 1.165) is 17.3 Å². The number of sulfonamides is 1. The van der Waals surface area contributed by atoms with Crippen LogP contribution in [0.15, 0.2) is 33.6 Å². The zero-order valence-electron chi connectivity index (χ0n) is 10.1. The molecule has 1 saturated heterocycles. The summed E-state index contributed by atoms with van der Waals surface area (Å²) in [6, 6.07) is 6.60. The lowest BCUT2D eigenvalue weighted by atomic mass is 9.97. The molecule has 6 heteroatoms. The molecule has 0 bridgehead atoms. The summed E-state index contributed by atoms with van der Waals surface area (Å²) in [7, 11) is -3.49. The Balaban J connectivity index is 2.18. The summed E-state index contributed by atoms with van der Waals surface area (Å²) in [5, 5.41) is 0. The molecule has 0 amide bonds. The second kappa shape index (κ2) is 5.28. The third kappa shape index (κ3) is 3.32. The van der Waals surface area contributed by atoms with Crippen LogP contribution in [0.4, 0.5) is 0 Å². The van der Waals surface area contributed by atoms with Gasteiger partial charge in [0.05, 0.1) is 17.0 Å². The zero-order chi connectivity index (χ0) is 13.2. The van der Waals surface area contributed by atoms with E-state index in [1.165, 1.54) is 0 Å². The Morgan fingerprint density at radius 3 is 2.56 bits per heavy atom. The molecule has 1 unspecified atom stereocenters. The van der Waals surface area contributed by atoms with Crippen molar-refractivity contribution in [1.29, 1.82) is 0 Å². The van der Waals surface area contributed by atoms with Crippen molar-refractivity contribution in [3.63, 3.8) is 0 Å². The van der Waals surface area contributed by atoms with E-state index in [0.29, 0.717) is 13.2 Å². The second-order valence-corrected chi connectivity index (χ2v) is 7.37. The Morgan fingerprint density at radius 2 is 2.00 bits per heavy atom. The molecule has 18 heavy (non-hydrogen) atoms. The van der Waals surface area contributed by atoms with Crippen LogP contribution in [0.25, 0.3) is 0 Å². The molecule has 0 spiro atoms. The predicted molar refractivity (Wildman–Crippen MR) is 72.9 cm³/mol. The van der Waals surface area contributed by atoms with E-state index < -0.39 is 15.6 Å². The molecule has 0 aromatic heterocycles. The lowest BCUT2D eigenvalue weighted by Gasteiger charge is -2.33.